The van der Waals surface area contributed by atoms with Crippen LogP contribution in [0.2, 0.25) is 0 Å². The summed E-state index contributed by atoms with van der Waals surface area (Å²) in [5, 5.41) is 0. The van der Waals surface area contributed by atoms with E-state index in [4.69, 9.17) is 13.3 Å². The minimum Gasteiger partial charge on any atom is -0.376 e. The fourth-order valence-electron chi connectivity index (χ4n) is 1.19. The van der Waals surface area contributed by atoms with E-state index in [2.05, 4.69) is 27.7 Å². The van der Waals surface area contributed by atoms with Gasteiger partial charge in [-0.2, -0.15) is 0 Å². The van der Waals surface area contributed by atoms with Crippen molar-refractivity contribution in [2.24, 2.45) is 5.92 Å². The van der Waals surface area contributed by atoms with Gasteiger partial charge in [-0.05, 0) is 25.2 Å². The first kappa shape index (κ1) is 17.1. The molecule has 0 saturated carbocycles. The molecule has 0 bridgehead atoms. The molecule has 4 heteroatoms. The van der Waals surface area contributed by atoms with Crippen molar-refractivity contribution in [2.45, 2.75) is 59.8 Å². The number of hydrogen-bond donors (Lipinski definition) is 0. The van der Waals surface area contributed by atoms with Crippen LogP contribution in [0, 0.1) is 5.92 Å². The Labute approximate surface area is 109 Å². The maximum absolute atomic E-state index is 5.74. The summed E-state index contributed by atoms with van der Waals surface area (Å²) >= 11 is 0. The maximum atomic E-state index is 5.74. The summed E-state index contributed by atoms with van der Waals surface area (Å²) in [4.78, 5) is 0. The highest BCUT2D eigenvalue weighted by atomic mass is 28.3. The third-order valence-electron chi connectivity index (χ3n) is 2.45. The van der Waals surface area contributed by atoms with Gasteiger partial charge < -0.3 is 13.3 Å². The quantitative estimate of drug-likeness (QED) is 0.398. The summed E-state index contributed by atoms with van der Waals surface area (Å²) in [7, 11) is -1.86. The van der Waals surface area contributed by atoms with Crippen LogP contribution in [-0.2, 0) is 13.3 Å². The van der Waals surface area contributed by atoms with Crippen LogP contribution in [0.3, 0.4) is 0 Å². The Morgan fingerprint density at radius 1 is 0.824 bits per heavy atom. The molecule has 0 saturated heterocycles. The minimum absolute atomic E-state index is 0.677. The fourth-order valence-corrected chi connectivity index (χ4v) is 2.53. The van der Waals surface area contributed by atoms with Gasteiger partial charge in [-0.1, -0.05) is 40.5 Å². The normalized spacial score (nSPS) is 11.6. The van der Waals surface area contributed by atoms with E-state index in [9.17, 15) is 0 Å². The van der Waals surface area contributed by atoms with Gasteiger partial charge in [-0.3, -0.25) is 0 Å². The second-order valence-electron chi connectivity index (χ2n) is 4.79. The van der Waals surface area contributed by atoms with Crippen molar-refractivity contribution >= 4 is 9.53 Å². The van der Waals surface area contributed by atoms with E-state index in [0.717, 1.165) is 51.9 Å². The molecule has 0 spiro atoms. The average Bonchev–Trinajstić information content (AvgIpc) is 2.28. The molecule has 0 aliphatic heterocycles. The molecule has 0 unspecified atom stereocenters. The van der Waals surface area contributed by atoms with Gasteiger partial charge in [0.25, 0.3) is 0 Å². The van der Waals surface area contributed by atoms with Crippen molar-refractivity contribution < 1.29 is 13.3 Å². The number of unbranched alkanes of at least 4 members (excludes halogenated alkanes) is 2. The Balaban J connectivity index is 3.67. The Kier molecular flexibility index (Phi) is 12.6. The Bertz CT molecular complexity index is 144. The summed E-state index contributed by atoms with van der Waals surface area (Å²) in [6, 6.07) is 0. The van der Waals surface area contributed by atoms with Crippen molar-refractivity contribution in [3.63, 3.8) is 0 Å². The molecule has 0 amide bonds. The highest BCUT2D eigenvalue weighted by Gasteiger charge is 2.14. The van der Waals surface area contributed by atoms with Crippen molar-refractivity contribution in [3.05, 3.63) is 0 Å². The van der Waals surface area contributed by atoms with Gasteiger partial charge in [-0.15, -0.1) is 0 Å². The summed E-state index contributed by atoms with van der Waals surface area (Å²) in [6.07, 6.45) is 5.57. The predicted molar refractivity (Wildman–Crippen MR) is 74.3 cm³/mol. The fraction of sp³-hybridized carbons (Fsp3) is 1.00. The topological polar surface area (TPSA) is 27.7 Å². The zero-order valence-corrected chi connectivity index (χ0v) is 13.2. The Morgan fingerprint density at radius 2 is 1.29 bits per heavy atom. The molecular formula is C13H30O3Si. The van der Waals surface area contributed by atoms with Gasteiger partial charge in [0.1, 0.15) is 0 Å². The highest BCUT2D eigenvalue weighted by Crippen LogP contribution is 2.03. The van der Waals surface area contributed by atoms with Crippen molar-refractivity contribution in [1.29, 1.82) is 0 Å². The lowest BCUT2D eigenvalue weighted by molar-refractivity contribution is 0.0874. The average molecular weight is 262 g/mol. The van der Waals surface area contributed by atoms with Crippen LogP contribution < -0.4 is 0 Å². The van der Waals surface area contributed by atoms with E-state index in [1.807, 2.05) is 0 Å². The summed E-state index contributed by atoms with van der Waals surface area (Å²) in [5.74, 6) is 0.677. The van der Waals surface area contributed by atoms with Gasteiger partial charge in [0.15, 0.2) is 0 Å². The first-order valence-corrected chi connectivity index (χ1v) is 8.46. The van der Waals surface area contributed by atoms with Crippen LogP contribution in [0.15, 0.2) is 0 Å². The molecule has 0 aromatic heterocycles. The van der Waals surface area contributed by atoms with Crippen LogP contribution in [0.4, 0.5) is 0 Å². The smallest absolute Gasteiger partial charge is 0.376 e. The zero-order chi connectivity index (χ0) is 12.9. The third kappa shape index (κ3) is 12.3. The zero-order valence-electron chi connectivity index (χ0n) is 12.0. The molecule has 3 nitrogen and oxygen atoms in total. The highest BCUT2D eigenvalue weighted by molar-refractivity contribution is 6.36. The molecule has 0 aromatic carbocycles. The molecule has 0 atom stereocenters. The molecule has 0 aliphatic rings. The molecule has 0 radical (unpaired) electrons. The molecule has 104 valence electrons. The van der Waals surface area contributed by atoms with Crippen molar-refractivity contribution in [1.82, 2.24) is 0 Å². The first-order valence-electron chi connectivity index (χ1n) is 7.05. The predicted octanol–water partition coefficient (Wildman–Crippen LogP) is 3.40. The van der Waals surface area contributed by atoms with Gasteiger partial charge >= 0.3 is 9.53 Å². The SMILES string of the molecule is CCCCO[SiH](OCCCC)OCCC(C)C. The van der Waals surface area contributed by atoms with Crippen LogP contribution in [0.25, 0.3) is 0 Å². The number of hydrogen-bond acceptors (Lipinski definition) is 3. The third-order valence-corrected chi connectivity index (χ3v) is 3.98. The van der Waals surface area contributed by atoms with Crippen molar-refractivity contribution in [3.8, 4) is 0 Å². The van der Waals surface area contributed by atoms with E-state index in [1.165, 1.54) is 0 Å². The molecule has 0 rings (SSSR count). The van der Waals surface area contributed by atoms with E-state index in [1.54, 1.807) is 0 Å². The minimum atomic E-state index is -1.86. The Morgan fingerprint density at radius 3 is 1.71 bits per heavy atom. The Hall–Kier alpha value is 0.0969. The van der Waals surface area contributed by atoms with Crippen LogP contribution in [0.1, 0.15) is 59.8 Å². The first-order chi connectivity index (χ1) is 8.20. The van der Waals surface area contributed by atoms with E-state index in [-0.39, 0.29) is 0 Å². The van der Waals surface area contributed by atoms with Crippen LogP contribution >= 0.6 is 0 Å². The molecule has 0 heterocycles. The van der Waals surface area contributed by atoms with Gasteiger partial charge in [0.05, 0.1) is 0 Å². The number of rotatable bonds is 12. The van der Waals surface area contributed by atoms with Crippen molar-refractivity contribution in [2.75, 3.05) is 19.8 Å². The van der Waals surface area contributed by atoms with E-state index < -0.39 is 9.53 Å². The van der Waals surface area contributed by atoms with E-state index in [0.29, 0.717) is 5.92 Å². The monoisotopic (exact) mass is 262 g/mol. The molecule has 0 fully saturated rings. The second kappa shape index (κ2) is 12.6. The summed E-state index contributed by atoms with van der Waals surface area (Å²) in [5.41, 5.74) is 0. The largest absolute Gasteiger partial charge is 0.484 e. The van der Waals surface area contributed by atoms with Gasteiger partial charge in [0.2, 0.25) is 0 Å². The maximum Gasteiger partial charge on any atom is 0.484 e. The molecule has 17 heavy (non-hydrogen) atoms. The lowest BCUT2D eigenvalue weighted by Crippen LogP contribution is -2.29. The summed E-state index contributed by atoms with van der Waals surface area (Å²) < 4.78 is 17.2. The molecule has 0 aromatic rings. The van der Waals surface area contributed by atoms with Gasteiger partial charge in [-0.25, -0.2) is 0 Å². The van der Waals surface area contributed by atoms with Gasteiger partial charge in [0, 0.05) is 19.8 Å². The van der Waals surface area contributed by atoms with Crippen LogP contribution in [-0.4, -0.2) is 29.3 Å². The van der Waals surface area contributed by atoms with E-state index >= 15 is 0 Å². The lowest BCUT2D eigenvalue weighted by Gasteiger charge is -2.17. The standard InChI is InChI=1S/C13H30O3Si/c1-5-7-10-14-17(15-11-8-6-2)16-12-9-13(3)4/h13,17H,5-12H2,1-4H3. The lowest BCUT2D eigenvalue weighted by atomic mass is 10.2. The second-order valence-corrected chi connectivity index (χ2v) is 6.37. The molecule has 0 N–H and O–H groups in total. The molecule has 0 aliphatic carbocycles. The molecular weight excluding hydrogens is 232 g/mol. The van der Waals surface area contributed by atoms with Crippen LogP contribution in [0.5, 0.6) is 0 Å². The summed E-state index contributed by atoms with van der Waals surface area (Å²) in [6.45, 7) is 11.1.